The molecule has 6 heteroatoms. The molecular weight excluding hydrogens is 285 g/mol. The van der Waals surface area contributed by atoms with Gasteiger partial charge in [0.15, 0.2) is 0 Å². The number of carbonyl (C=O) groups is 1. The van der Waals surface area contributed by atoms with Crippen molar-refractivity contribution in [1.29, 1.82) is 0 Å². The highest BCUT2D eigenvalue weighted by Crippen LogP contribution is 2.22. The van der Waals surface area contributed by atoms with E-state index in [9.17, 15) is 4.79 Å². The molecule has 19 heavy (non-hydrogen) atoms. The SMILES string of the molecule is Cc1ccc(NC(=O)c2cc(N)ncc2Cl)cc1Cl. The Morgan fingerprint density at radius 1 is 1.26 bits per heavy atom. The number of carbonyl (C=O) groups excluding carboxylic acids is 1. The highest BCUT2D eigenvalue weighted by molar-refractivity contribution is 6.34. The minimum atomic E-state index is -0.362. The van der Waals surface area contributed by atoms with Crippen molar-refractivity contribution in [3.8, 4) is 0 Å². The third-order valence-electron chi connectivity index (χ3n) is 2.55. The van der Waals surface area contributed by atoms with Crippen LogP contribution in [-0.4, -0.2) is 10.9 Å². The number of hydrogen-bond acceptors (Lipinski definition) is 3. The van der Waals surface area contributed by atoms with Crippen LogP contribution in [0.15, 0.2) is 30.5 Å². The van der Waals surface area contributed by atoms with E-state index in [1.807, 2.05) is 13.0 Å². The molecule has 0 saturated carbocycles. The summed E-state index contributed by atoms with van der Waals surface area (Å²) in [6.07, 6.45) is 1.34. The van der Waals surface area contributed by atoms with Crippen LogP contribution in [-0.2, 0) is 0 Å². The van der Waals surface area contributed by atoms with Crippen LogP contribution in [0.4, 0.5) is 11.5 Å². The first kappa shape index (κ1) is 13.6. The van der Waals surface area contributed by atoms with E-state index in [-0.39, 0.29) is 22.3 Å². The summed E-state index contributed by atoms with van der Waals surface area (Å²) in [4.78, 5) is 15.9. The smallest absolute Gasteiger partial charge is 0.257 e. The molecule has 98 valence electrons. The average molecular weight is 296 g/mol. The molecule has 0 radical (unpaired) electrons. The maximum Gasteiger partial charge on any atom is 0.257 e. The van der Waals surface area contributed by atoms with Crippen molar-refractivity contribution in [2.45, 2.75) is 6.92 Å². The summed E-state index contributed by atoms with van der Waals surface area (Å²) in [5, 5.41) is 3.53. The summed E-state index contributed by atoms with van der Waals surface area (Å²) in [6, 6.07) is 6.68. The molecule has 0 aliphatic carbocycles. The highest BCUT2D eigenvalue weighted by Gasteiger charge is 2.12. The molecule has 2 rings (SSSR count). The van der Waals surface area contributed by atoms with E-state index in [0.717, 1.165) is 5.56 Å². The van der Waals surface area contributed by atoms with Crippen LogP contribution in [0.25, 0.3) is 0 Å². The normalized spacial score (nSPS) is 10.3. The van der Waals surface area contributed by atoms with Gasteiger partial charge in [0, 0.05) is 16.9 Å². The van der Waals surface area contributed by atoms with E-state index in [0.29, 0.717) is 10.7 Å². The molecule has 1 aromatic heterocycles. The number of nitrogen functional groups attached to an aromatic ring is 1. The number of amides is 1. The van der Waals surface area contributed by atoms with Gasteiger partial charge in [-0.1, -0.05) is 29.3 Å². The molecule has 0 saturated heterocycles. The molecule has 0 aliphatic heterocycles. The highest BCUT2D eigenvalue weighted by atomic mass is 35.5. The van der Waals surface area contributed by atoms with E-state index in [2.05, 4.69) is 10.3 Å². The summed E-state index contributed by atoms with van der Waals surface area (Å²) in [7, 11) is 0. The van der Waals surface area contributed by atoms with E-state index < -0.39 is 0 Å². The number of hydrogen-bond donors (Lipinski definition) is 2. The molecule has 2 aromatic rings. The summed E-state index contributed by atoms with van der Waals surface area (Å²) in [6.45, 7) is 1.88. The van der Waals surface area contributed by atoms with Gasteiger partial charge in [-0.25, -0.2) is 4.98 Å². The summed E-state index contributed by atoms with van der Waals surface area (Å²) in [5.74, 6) is -0.129. The molecule has 1 heterocycles. The fourth-order valence-corrected chi connectivity index (χ4v) is 1.87. The number of nitrogens with zero attached hydrogens (tertiary/aromatic N) is 1. The number of halogens is 2. The number of benzene rings is 1. The van der Waals surface area contributed by atoms with Crippen LogP contribution < -0.4 is 11.1 Å². The second kappa shape index (κ2) is 5.47. The predicted molar refractivity (Wildman–Crippen MR) is 77.8 cm³/mol. The number of aromatic nitrogens is 1. The molecule has 0 unspecified atom stereocenters. The number of anilines is 2. The van der Waals surface area contributed by atoms with Crippen LogP contribution >= 0.6 is 23.2 Å². The largest absolute Gasteiger partial charge is 0.384 e. The Labute approximate surface area is 120 Å². The number of pyridine rings is 1. The lowest BCUT2D eigenvalue weighted by Gasteiger charge is -2.08. The zero-order valence-electron chi connectivity index (χ0n) is 10.1. The lowest BCUT2D eigenvalue weighted by Crippen LogP contribution is -2.13. The van der Waals surface area contributed by atoms with Crippen molar-refractivity contribution in [2.24, 2.45) is 0 Å². The van der Waals surface area contributed by atoms with Crippen molar-refractivity contribution in [3.05, 3.63) is 51.6 Å². The topological polar surface area (TPSA) is 68.0 Å². The van der Waals surface area contributed by atoms with E-state index in [4.69, 9.17) is 28.9 Å². The number of rotatable bonds is 2. The maximum atomic E-state index is 12.1. The Hall–Kier alpha value is -1.78. The van der Waals surface area contributed by atoms with E-state index in [1.165, 1.54) is 12.3 Å². The minimum Gasteiger partial charge on any atom is -0.384 e. The Morgan fingerprint density at radius 2 is 2.00 bits per heavy atom. The van der Waals surface area contributed by atoms with Crippen LogP contribution in [0, 0.1) is 6.92 Å². The summed E-state index contributed by atoms with van der Waals surface area (Å²) < 4.78 is 0. The molecule has 0 bridgehead atoms. The average Bonchev–Trinajstić information content (AvgIpc) is 2.36. The molecule has 0 atom stereocenters. The molecule has 3 N–H and O–H groups in total. The van der Waals surface area contributed by atoms with Gasteiger partial charge >= 0.3 is 0 Å². The maximum absolute atomic E-state index is 12.1. The molecule has 1 aromatic carbocycles. The van der Waals surface area contributed by atoms with Gasteiger partial charge in [-0.05, 0) is 30.7 Å². The van der Waals surface area contributed by atoms with Gasteiger partial charge in [-0.3, -0.25) is 4.79 Å². The van der Waals surface area contributed by atoms with Gasteiger partial charge in [0.1, 0.15) is 5.82 Å². The molecule has 0 aliphatic rings. The second-order valence-corrected chi connectivity index (χ2v) is 4.82. The molecule has 4 nitrogen and oxygen atoms in total. The minimum absolute atomic E-state index is 0.233. The van der Waals surface area contributed by atoms with Gasteiger partial charge < -0.3 is 11.1 Å². The first-order chi connectivity index (χ1) is 8.97. The number of aryl methyl sites for hydroxylation is 1. The Morgan fingerprint density at radius 3 is 2.68 bits per heavy atom. The third-order valence-corrected chi connectivity index (χ3v) is 3.26. The van der Waals surface area contributed by atoms with Crippen LogP contribution in [0.1, 0.15) is 15.9 Å². The monoisotopic (exact) mass is 295 g/mol. The second-order valence-electron chi connectivity index (χ2n) is 4.01. The molecule has 0 fully saturated rings. The number of nitrogens with two attached hydrogens (primary N) is 1. The Bertz CT molecular complexity index is 644. The Kier molecular flexibility index (Phi) is 3.93. The zero-order valence-corrected chi connectivity index (χ0v) is 11.6. The van der Waals surface area contributed by atoms with Gasteiger partial charge in [0.05, 0.1) is 10.6 Å². The van der Waals surface area contributed by atoms with Crippen molar-refractivity contribution < 1.29 is 4.79 Å². The van der Waals surface area contributed by atoms with Crippen LogP contribution in [0.3, 0.4) is 0 Å². The van der Waals surface area contributed by atoms with Crippen molar-refractivity contribution in [2.75, 3.05) is 11.1 Å². The fraction of sp³-hybridized carbons (Fsp3) is 0.0769. The van der Waals surface area contributed by atoms with Crippen molar-refractivity contribution in [1.82, 2.24) is 4.98 Å². The van der Waals surface area contributed by atoms with Crippen LogP contribution in [0.5, 0.6) is 0 Å². The van der Waals surface area contributed by atoms with Gasteiger partial charge in [0.2, 0.25) is 0 Å². The van der Waals surface area contributed by atoms with Gasteiger partial charge in [0.25, 0.3) is 5.91 Å². The van der Waals surface area contributed by atoms with Crippen molar-refractivity contribution >= 4 is 40.6 Å². The molecule has 0 spiro atoms. The fourth-order valence-electron chi connectivity index (χ4n) is 1.50. The molecule has 1 amide bonds. The van der Waals surface area contributed by atoms with Gasteiger partial charge in [-0.2, -0.15) is 0 Å². The first-order valence-electron chi connectivity index (χ1n) is 5.46. The van der Waals surface area contributed by atoms with E-state index >= 15 is 0 Å². The molecular formula is C13H11Cl2N3O. The summed E-state index contributed by atoms with van der Waals surface area (Å²) in [5.41, 5.74) is 7.33. The standard InChI is InChI=1S/C13H11Cl2N3O/c1-7-2-3-8(4-10(7)14)18-13(19)9-5-12(16)17-6-11(9)15/h2-6H,1H3,(H2,16,17)(H,18,19). The lowest BCUT2D eigenvalue weighted by molar-refractivity contribution is 0.102. The lowest BCUT2D eigenvalue weighted by atomic mass is 10.2. The van der Waals surface area contributed by atoms with E-state index in [1.54, 1.807) is 12.1 Å². The van der Waals surface area contributed by atoms with Crippen LogP contribution in [0.2, 0.25) is 10.0 Å². The zero-order chi connectivity index (χ0) is 14.0. The van der Waals surface area contributed by atoms with Crippen molar-refractivity contribution in [3.63, 3.8) is 0 Å². The Balaban J connectivity index is 2.25. The third kappa shape index (κ3) is 3.16. The van der Waals surface area contributed by atoms with Gasteiger partial charge in [-0.15, -0.1) is 0 Å². The predicted octanol–water partition coefficient (Wildman–Crippen LogP) is 3.53. The number of nitrogens with one attached hydrogen (secondary N) is 1. The summed E-state index contributed by atoms with van der Waals surface area (Å²) >= 11 is 11.9. The first-order valence-corrected chi connectivity index (χ1v) is 6.21. The quantitative estimate of drug-likeness (QED) is 0.890.